The van der Waals surface area contributed by atoms with Crippen molar-refractivity contribution >= 4 is 11.6 Å². The van der Waals surface area contributed by atoms with Gasteiger partial charge in [0, 0.05) is 17.9 Å². The number of rotatable bonds is 4. The second-order valence-corrected chi connectivity index (χ2v) is 4.93. The molecule has 0 aliphatic rings. The summed E-state index contributed by atoms with van der Waals surface area (Å²) in [5, 5.41) is 3.40. The maximum Gasteiger partial charge on any atom is 0.141 e. The Morgan fingerprint density at radius 2 is 2.11 bits per heavy atom. The summed E-state index contributed by atoms with van der Waals surface area (Å²) in [6, 6.07) is 8.99. The van der Waals surface area contributed by atoms with Gasteiger partial charge in [0.25, 0.3) is 0 Å². The summed E-state index contributed by atoms with van der Waals surface area (Å²) in [6.07, 6.45) is 2.60. The van der Waals surface area contributed by atoms with Crippen molar-refractivity contribution in [2.24, 2.45) is 0 Å². The van der Waals surface area contributed by atoms with E-state index in [0.717, 1.165) is 23.2 Å². The van der Waals surface area contributed by atoms with E-state index in [2.05, 4.69) is 16.4 Å². The van der Waals surface area contributed by atoms with Crippen LogP contribution in [0.15, 0.2) is 36.5 Å². The average Bonchev–Trinajstić information content (AvgIpc) is 2.41. The predicted molar refractivity (Wildman–Crippen MR) is 75.9 cm³/mol. The molecule has 0 saturated heterocycles. The molecule has 0 bridgehead atoms. The molecule has 0 spiro atoms. The number of hydrogen-bond donors (Lipinski definition) is 1. The second-order valence-electron chi connectivity index (χ2n) is 4.53. The second kappa shape index (κ2) is 6.13. The smallest absolute Gasteiger partial charge is 0.141 e. The molecule has 100 valence electrons. The van der Waals surface area contributed by atoms with Crippen molar-refractivity contribution in [3.63, 3.8) is 0 Å². The van der Waals surface area contributed by atoms with Crippen LogP contribution >= 0.6 is 11.6 Å². The summed E-state index contributed by atoms with van der Waals surface area (Å²) in [7, 11) is 1.90. The van der Waals surface area contributed by atoms with Gasteiger partial charge < -0.3 is 5.32 Å². The van der Waals surface area contributed by atoms with Crippen LogP contribution in [0.3, 0.4) is 0 Å². The molecule has 0 aliphatic carbocycles. The highest BCUT2D eigenvalue weighted by Gasteiger charge is 2.11. The molecular formula is C15H16ClFN2. The van der Waals surface area contributed by atoms with Crippen LogP contribution in [0.2, 0.25) is 5.02 Å². The van der Waals surface area contributed by atoms with Crippen LogP contribution in [-0.2, 0) is 6.42 Å². The van der Waals surface area contributed by atoms with Gasteiger partial charge >= 0.3 is 0 Å². The summed E-state index contributed by atoms with van der Waals surface area (Å²) in [5.41, 5.74) is 3.09. The monoisotopic (exact) mass is 278 g/mol. The molecule has 1 aromatic heterocycles. The van der Waals surface area contributed by atoms with Gasteiger partial charge in [-0.3, -0.25) is 4.98 Å². The summed E-state index contributed by atoms with van der Waals surface area (Å²) < 4.78 is 13.1. The SMILES string of the molecule is CNC(Cc1ccc(F)c(Cl)c1)c1ccc(C)nc1. The van der Waals surface area contributed by atoms with Crippen molar-refractivity contribution in [3.8, 4) is 0 Å². The fraction of sp³-hybridized carbons (Fsp3) is 0.267. The van der Waals surface area contributed by atoms with Crippen molar-refractivity contribution in [2.45, 2.75) is 19.4 Å². The summed E-state index contributed by atoms with van der Waals surface area (Å²) in [5.74, 6) is -0.386. The Balaban J connectivity index is 2.18. The number of aryl methyl sites for hydroxylation is 1. The Labute approximate surface area is 117 Å². The lowest BCUT2D eigenvalue weighted by molar-refractivity contribution is 0.587. The van der Waals surface area contributed by atoms with Crippen LogP contribution < -0.4 is 5.32 Å². The molecule has 0 fully saturated rings. The predicted octanol–water partition coefficient (Wildman–Crippen LogP) is 3.69. The number of hydrogen-bond acceptors (Lipinski definition) is 2. The molecule has 4 heteroatoms. The first-order chi connectivity index (χ1) is 9.10. The molecular weight excluding hydrogens is 263 g/mol. The maximum atomic E-state index is 13.1. The molecule has 2 aromatic rings. The average molecular weight is 279 g/mol. The minimum atomic E-state index is -0.386. The fourth-order valence-corrected chi connectivity index (χ4v) is 2.18. The largest absolute Gasteiger partial charge is 0.313 e. The minimum Gasteiger partial charge on any atom is -0.313 e. The van der Waals surface area contributed by atoms with Crippen molar-refractivity contribution in [3.05, 3.63) is 64.2 Å². The third-order valence-electron chi connectivity index (χ3n) is 3.11. The Kier molecular flexibility index (Phi) is 4.51. The highest BCUT2D eigenvalue weighted by molar-refractivity contribution is 6.30. The fourth-order valence-electron chi connectivity index (χ4n) is 1.97. The van der Waals surface area contributed by atoms with Crippen molar-refractivity contribution in [1.29, 1.82) is 0 Å². The third-order valence-corrected chi connectivity index (χ3v) is 3.40. The van der Waals surface area contributed by atoms with E-state index in [-0.39, 0.29) is 16.9 Å². The van der Waals surface area contributed by atoms with Crippen LogP contribution in [0.4, 0.5) is 4.39 Å². The molecule has 1 heterocycles. The zero-order chi connectivity index (χ0) is 13.8. The van der Waals surface area contributed by atoms with Crippen LogP contribution in [0.5, 0.6) is 0 Å². The van der Waals surface area contributed by atoms with Gasteiger partial charge in [-0.25, -0.2) is 4.39 Å². The maximum absolute atomic E-state index is 13.1. The number of benzene rings is 1. The van der Waals surface area contributed by atoms with Crippen LogP contribution in [0.25, 0.3) is 0 Å². The van der Waals surface area contributed by atoms with Crippen LogP contribution in [-0.4, -0.2) is 12.0 Å². The molecule has 1 atom stereocenters. The lowest BCUT2D eigenvalue weighted by atomic mass is 10.00. The molecule has 1 aromatic carbocycles. The molecule has 19 heavy (non-hydrogen) atoms. The lowest BCUT2D eigenvalue weighted by Gasteiger charge is -2.16. The quantitative estimate of drug-likeness (QED) is 0.923. The van der Waals surface area contributed by atoms with Crippen molar-refractivity contribution < 1.29 is 4.39 Å². The van der Waals surface area contributed by atoms with Gasteiger partial charge in [-0.2, -0.15) is 0 Å². The van der Waals surface area contributed by atoms with E-state index in [0.29, 0.717) is 0 Å². The van der Waals surface area contributed by atoms with E-state index in [1.54, 1.807) is 12.1 Å². The molecule has 1 N–H and O–H groups in total. The molecule has 1 unspecified atom stereocenters. The first-order valence-corrected chi connectivity index (χ1v) is 6.51. The molecule has 2 rings (SSSR count). The van der Waals surface area contributed by atoms with E-state index in [1.807, 2.05) is 26.2 Å². The van der Waals surface area contributed by atoms with E-state index in [9.17, 15) is 4.39 Å². The first kappa shape index (κ1) is 14.0. The van der Waals surface area contributed by atoms with E-state index < -0.39 is 0 Å². The van der Waals surface area contributed by atoms with Gasteiger partial charge in [0.05, 0.1) is 5.02 Å². The topological polar surface area (TPSA) is 24.9 Å². The number of nitrogens with one attached hydrogen (secondary N) is 1. The van der Waals surface area contributed by atoms with E-state index in [1.165, 1.54) is 6.07 Å². The van der Waals surface area contributed by atoms with Gasteiger partial charge in [-0.1, -0.05) is 23.7 Å². The van der Waals surface area contributed by atoms with Crippen LogP contribution in [0.1, 0.15) is 22.9 Å². The Morgan fingerprint density at radius 3 is 2.68 bits per heavy atom. The standard InChI is InChI=1S/C15H16ClFN2/c1-10-3-5-12(9-19-10)15(18-2)8-11-4-6-14(17)13(16)7-11/h3-7,9,15,18H,8H2,1-2H3. The van der Waals surface area contributed by atoms with Gasteiger partial charge in [-0.05, 0) is 49.7 Å². The third kappa shape index (κ3) is 3.52. The zero-order valence-corrected chi connectivity index (χ0v) is 11.7. The summed E-state index contributed by atoms with van der Waals surface area (Å²) in [4.78, 5) is 4.30. The van der Waals surface area contributed by atoms with Gasteiger partial charge in [0.2, 0.25) is 0 Å². The minimum absolute atomic E-state index is 0.134. The van der Waals surface area contributed by atoms with E-state index in [4.69, 9.17) is 11.6 Å². The number of nitrogens with zero attached hydrogens (tertiary/aromatic N) is 1. The Hall–Kier alpha value is -1.45. The molecule has 0 amide bonds. The summed E-state index contributed by atoms with van der Waals surface area (Å²) >= 11 is 5.80. The van der Waals surface area contributed by atoms with Gasteiger partial charge in [-0.15, -0.1) is 0 Å². The number of likely N-dealkylation sites (N-methyl/N-ethyl adjacent to an activating group) is 1. The zero-order valence-electron chi connectivity index (χ0n) is 11.0. The Bertz CT molecular complexity index is 555. The van der Waals surface area contributed by atoms with Crippen molar-refractivity contribution in [2.75, 3.05) is 7.05 Å². The molecule has 0 aliphatic heterocycles. The number of pyridine rings is 1. The van der Waals surface area contributed by atoms with Crippen molar-refractivity contribution in [1.82, 2.24) is 10.3 Å². The highest BCUT2D eigenvalue weighted by atomic mass is 35.5. The first-order valence-electron chi connectivity index (χ1n) is 6.14. The molecule has 2 nitrogen and oxygen atoms in total. The number of halogens is 2. The van der Waals surface area contributed by atoms with Gasteiger partial charge in [0.15, 0.2) is 0 Å². The van der Waals surface area contributed by atoms with E-state index >= 15 is 0 Å². The molecule has 0 saturated carbocycles. The summed E-state index contributed by atoms with van der Waals surface area (Å²) in [6.45, 7) is 1.96. The van der Waals surface area contributed by atoms with Gasteiger partial charge in [0.1, 0.15) is 5.82 Å². The lowest BCUT2D eigenvalue weighted by Crippen LogP contribution is -2.19. The normalized spacial score (nSPS) is 12.4. The Morgan fingerprint density at radius 1 is 1.32 bits per heavy atom. The highest BCUT2D eigenvalue weighted by Crippen LogP contribution is 2.21. The number of aromatic nitrogens is 1. The molecule has 0 radical (unpaired) electrons. The van der Waals surface area contributed by atoms with Crippen LogP contribution in [0, 0.1) is 12.7 Å².